The largest absolute Gasteiger partial charge is 0.490 e. The Bertz CT molecular complexity index is 494. The molecule has 0 saturated carbocycles. The monoisotopic (exact) mass is 293 g/mol. The first-order chi connectivity index (χ1) is 10.2. The van der Waals surface area contributed by atoms with E-state index in [-0.39, 0.29) is 11.8 Å². The van der Waals surface area contributed by atoms with Crippen molar-refractivity contribution in [1.29, 1.82) is 0 Å². The second-order valence-electron chi connectivity index (χ2n) is 5.01. The summed E-state index contributed by atoms with van der Waals surface area (Å²) in [5.74, 6) is 2.15. The number of methoxy groups -OCH3 is 1. The summed E-state index contributed by atoms with van der Waals surface area (Å²) < 4.78 is 5.47. The van der Waals surface area contributed by atoms with Gasteiger partial charge in [-0.2, -0.15) is 0 Å². The van der Waals surface area contributed by atoms with Gasteiger partial charge in [0, 0.05) is 26.7 Å². The third-order valence-electron chi connectivity index (χ3n) is 3.67. The molecule has 1 amide bonds. The zero-order valence-corrected chi connectivity index (χ0v) is 12.8. The van der Waals surface area contributed by atoms with Gasteiger partial charge in [-0.3, -0.25) is 4.79 Å². The van der Waals surface area contributed by atoms with Crippen LogP contribution in [0.3, 0.4) is 0 Å². The number of rotatable bonds is 5. The van der Waals surface area contributed by atoms with E-state index in [0.717, 1.165) is 31.7 Å². The fourth-order valence-corrected chi connectivity index (χ4v) is 2.66. The average molecular weight is 293 g/mol. The van der Waals surface area contributed by atoms with Gasteiger partial charge >= 0.3 is 0 Å². The van der Waals surface area contributed by atoms with Crippen molar-refractivity contribution >= 4 is 17.5 Å². The Balaban J connectivity index is 2.24. The van der Waals surface area contributed by atoms with Crippen LogP contribution >= 0.6 is 0 Å². The van der Waals surface area contributed by atoms with Crippen LogP contribution in [0.2, 0.25) is 0 Å². The first-order valence-corrected chi connectivity index (χ1v) is 7.30. The topological polar surface area (TPSA) is 79.4 Å². The summed E-state index contributed by atoms with van der Waals surface area (Å²) in [5.41, 5.74) is 0. The van der Waals surface area contributed by atoms with Crippen LogP contribution in [-0.4, -0.2) is 49.7 Å². The van der Waals surface area contributed by atoms with Gasteiger partial charge in [0.15, 0.2) is 11.6 Å². The van der Waals surface area contributed by atoms with E-state index in [4.69, 9.17) is 4.74 Å². The molecule has 1 aliphatic heterocycles. The van der Waals surface area contributed by atoms with Crippen LogP contribution < -0.4 is 20.3 Å². The number of carbonyl (C=O) groups excluding carboxylic acids is 1. The van der Waals surface area contributed by atoms with Gasteiger partial charge in [0.05, 0.1) is 13.0 Å². The maximum Gasteiger partial charge on any atom is 0.224 e. The zero-order valence-electron chi connectivity index (χ0n) is 12.8. The average Bonchev–Trinajstić information content (AvgIpc) is 2.54. The second kappa shape index (κ2) is 7.10. The summed E-state index contributed by atoms with van der Waals surface area (Å²) in [7, 11) is 3.29. The summed E-state index contributed by atoms with van der Waals surface area (Å²) in [6, 6.07) is 0. The van der Waals surface area contributed by atoms with Crippen molar-refractivity contribution in [3.8, 4) is 5.75 Å². The van der Waals surface area contributed by atoms with E-state index < -0.39 is 0 Å². The van der Waals surface area contributed by atoms with Gasteiger partial charge in [0.25, 0.3) is 0 Å². The molecule has 116 valence electrons. The second-order valence-corrected chi connectivity index (χ2v) is 5.01. The van der Waals surface area contributed by atoms with Gasteiger partial charge in [-0.15, -0.1) is 0 Å². The highest BCUT2D eigenvalue weighted by atomic mass is 16.5. The van der Waals surface area contributed by atoms with Crippen LogP contribution in [0.4, 0.5) is 11.6 Å². The van der Waals surface area contributed by atoms with Crippen molar-refractivity contribution < 1.29 is 9.53 Å². The van der Waals surface area contributed by atoms with Gasteiger partial charge in [-0.1, -0.05) is 0 Å². The quantitative estimate of drug-likeness (QED) is 0.839. The molecule has 7 nitrogen and oxygen atoms in total. The van der Waals surface area contributed by atoms with Crippen LogP contribution in [0.1, 0.15) is 19.8 Å². The smallest absolute Gasteiger partial charge is 0.224 e. The fourth-order valence-electron chi connectivity index (χ4n) is 2.66. The van der Waals surface area contributed by atoms with Gasteiger partial charge in [0.2, 0.25) is 11.7 Å². The zero-order chi connectivity index (χ0) is 15.2. The van der Waals surface area contributed by atoms with E-state index >= 15 is 0 Å². The highest BCUT2D eigenvalue weighted by Gasteiger charge is 2.28. The van der Waals surface area contributed by atoms with E-state index in [0.29, 0.717) is 18.1 Å². The van der Waals surface area contributed by atoms with Crippen molar-refractivity contribution in [2.75, 3.05) is 44.0 Å². The number of hydrogen-bond donors (Lipinski definition) is 2. The van der Waals surface area contributed by atoms with E-state index in [1.165, 1.54) is 6.33 Å². The molecule has 1 aromatic heterocycles. The number of nitrogens with one attached hydrogen (secondary N) is 2. The standard InChI is InChI=1S/C14H23N5O2/c1-4-16-12-11(21-3)13(18-9-17-12)19-7-5-6-10(8-19)14(20)15-2/h9-10H,4-8H2,1-3H3,(H,15,20)(H,16,17,18). The highest BCUT2D eigenvalue weighted by molar-refractivity contribution is 5.79. The number of piperidine rings is 1. The fraction of sp³-hybridized carbons (Fsp3) is 0.643. The lowest BCUT2D eigenvalue weighted by atomic mass is 9.97. The first kappa shape index (κ1) is 15.3. The van der Waals surface area contributed by atoms with E-state index in [1.807, 2.05) is 6.92 Å². The summed E-state index contributed by atoms with van der Waals surface area (Å²) >= 11 is 0. The first-order valence-electron chi connectivity index (χ1n) is 7.30. The molecule has 1 saturated heterocycles. The molecule has 0 bridgehead atoms. The van der Waals surface area contributed by atoms with Gasteiger partial charge in [0.1, 0.15) is 6.33 Å². The van der Waals surface area contributed by atoms with Crippen molar-refractivity contribution in [3.05, 3.63) is 6.33 Å². The molecule has 0 aromatic carbocycles. The molecule has 2 heterocycles. The van der Waals surface area contributed by atoms with E-state index in [1.54, 1.807) is 14.2 Å². The summed E-state index contributed by atoms with van der Waals surface area (Å²) in [6.45, 7) is 4.28. The molecule has 21 heavy (non-hydrogen) atoms. The number of ether oxygens (including phenoxy) is 1. The van der Waals surface area contributed by atoms with Crippen molar-refractivity contribution in [1.82, 2.24) is 15.3 Å². The Kier molecular flexibility index (Phi) is 5.19. The number of anilines is 2. The molecule has 2 rings (SSSR count). The minimum absolute atomic E-state index is 0.00833. The molecule has 1 aromatic rings. The van der Waals surface area contributed by atoms with Gasteiger partial charge in [-0.25, -0.2) is 9.97 Å². The third-order valence-corrected chi connectivity index (χ3v) is 3.67. The molecule has 2 N–H and O–H groups in total. The Morgan fingerprint density at radius 1 is 1.52 bits per heavy atom. The number of hydrogen-bond acceptors (Lipinski definition) is 6. The van der Waals surface area contributed by atoms with Crippen molar-refractivity contribution in [3.63, 3.8) is 0 Å². The maximum absolute atomic E-state index is 11.9. The van der Waals surface area contributed by atoms with Gasteiger partial charge in [-0.05, 0) is 19.8 Å². The lowest BCUT2D eigenvalue weighted by Crippen LogP contribution is -2.42. The van der Waals surface area contributed by atoms with Gasteiger partial charge < -0.3 is 20.3 Å². The van der Waals surface area contributed by atoms with Crippen molar-refractivity contribution in [2.24, 2.45) is 5.92 Å². The number of carbonyl (C=O) groups is 1. The lowest BCUT2D eigenvalue weighted by molar-refractivity contribution is -0.124. The van der Waals surface area contributed by atoms with Crippen LogP contribution in [0, 0.1) is 5.92 Å². The summed E-state index contributed by atoms with van der Waals surface area (Å²) in [4.78, 5) is 22.5. The van der Waals surface area contributed by atoms with Crippen LogP contribution in [-0.2, 0) is 4.79 Å². The Morgan fingerprint density at radius 3 is 3.00 bits per heavy atom. The molecule has 1 fully saturated rings. The molecule has 1 atom stereocenters. The molecule has 1 unspecified atom stereocenters. The predicted molar refractivity (Wildman–Crippen MR) is 81.8 cm³/mol. The van der Waals surface area contributed by atoms with Crippen molar-refractivity contribution in [2.45, 2.75) is 19.8 Å². The highest BCUT2D eigenvalue weighted by Crippen LogP contribution is 2.34. The lowest BCUT2D eigenvalue weighted by Gasteiger charge is -2.33. The molecular weight excluding hydrogens is 270 g/mol. The molecule has 0 spiro atoms. The summed E-state index contributed by atoms with van der Waals surface area (Å²) in [5, 5.41) is 5.89. The molecule has 1 aliphatic rings. The Labute approximate surface area is 125 Å². The maximum atomic E-state index is 11.9. The third kappa shape index (κ3) is 3.34. The Hall–Kier alpha value is -2.05. The minimum Gasteiger partial charge on any atom is -0.490 e. The molecule has 0 radical (unpaired) electrons. The SMILES string of the molecule is CCNc1ncnc(N2CCCC(C(=O)NC)C2)c1OC. The molecule has 0 aliphatic carbocycles. The van der Waals surface area contributed by atoms with E-state index in [2.05, 4.69) is 25.5 Å². The summed E-state index contributed by atoms with van der Waals surface area (Å²) in [6.07, 6.45) is 3.39. The van der Waals surface area contributed by atoms with E-state index in [9.17, 15) is 4.79 Å². The van der Waals surface area contributed by atoms with Crippen LogP contribution in [0.5, 0.6) is 5.75 Å². The predicted octanol–water partition coefficient (Wildman–Crippen LogP) is 0.879. The number of nitrogens with zero attached hydrogens (tertiary/aromatic N) is 3. The molecule has 7 heteroatoms. The number of aromatic nitrogens is 2. The minimum atomic E-state index is -0.00833. The number of amides is 1. The van der Waals surface area contributed by atoms with Crippen LogP contribution in [0.15, 0.2) is 6.33 Å². The molecular formula is C14H23N5O2. The van der Waals surface area contributed by atoms with Crippen LogP contribution in [0.25, 0.3) is 0 Å². The normalized spacial score (nSPS) is 18.2. The Morgan fingerprint density at radius 2 is 2.33 bits per heavy atom.